The van der Waals surface area contributed by atoms with Gasteiger partial charge in [-0.3, -0.25) is 0 Å². The van der Waals surface area contributed by atoms with Crippen LogP contribution >= 0.6 is 0 Å². The normalized spacial score (nSPS) is 12.4. The SMILES string of the molecule is CCCCC=C(C)C(=O)OCCC=C(C)C(=O)O. The molecule has 0 saturated carbocycles. The molecule has 0 spiro atoms. The maximum absolute atomic E-state index is 11.5. The maximum Gasteiger partial charge on any atom is 0.333 e. The minimum Gasteiger partial charge on any atom is -0.478 e. The monoisotopic (exact) mass is 254 g/mol. The molecule has 0 rings (SSSR count). The molecule has 0 aromatic heterocycles. The number of hydrogen-bond acceptors (Lipinski definition) is 3. The first-order valence-electron chi connectivity index (χ1n) is 6.23. The third-order valence-corrected chi connectivity index (χ3v) is 2.47. The van der Waals surface area contributed by atoms with Crippen molar-refractivity contribution in [3.05, 3.63) is 23.3 Å². The quantitative estimate of drug-likeness (QED) is 0.411. The molecular weight excluding hydrogens is 232 g/mol. The number of aliphatic carboxylic acids is 1. The fourth-order valence-corrected chi connectivity index (χ4v) is 1.23. The summed E-state index contributed by atoms with van der Waals surface area (Å²) in [6.07, 6.45) is 6.89. The van der Waals surface area contributed by atoms with E-state index >= 15 is 0 Å². The van der Waals surface area contributed by atoms with Gasteiger partial charge in [0.15, 0.2) is 0 Å². The molecule has 4 heteroatoms. The summed E-state index contributed by atoms with van der Waals surface area (Å²) < 4.78 is 5.02. The van der Waals surface area contributed by atoms with E-state index in [0.29, 0.717) is 12.0 Å². The molecule has 0 radical (unpaired) electrons. The lowest BCUT2D eigenvalue weighted by molar-refractivity contribution is -0.138. The zero-order chi connectivity index (χ0) is 14.0. The number of ether oxygens (including phenoxy) is 1. The molecule has 1 N–H and O–H groups in total. The summed E-state index contributed by atoms with van der Waals surface area (Å²) in [6, 6.07) is 0. The first-order valence-corrected chi connectivity index (χ1v) is 6.23. The van der Waals surface area contributed by atoms with Crippen LogP contribution in [0.2, 0.25) is 0 Å². The third-order valence-electron chi connectivity index (χ3n) is 2.47. The largest absolute Gasteiger partial charge is 0.478 e. The Morgan fingerprint density at radius 2 is 1.72 bits per heavy atom. The fourth-order valence-electron chi connectivity index (χ4n) is 1.23. The zero-order valence-electron chi connectivity index (χ0n) is 11.4. The Morgan fingerprint density at radius 1 is 1.11 bits per heavy atom. The second-order valence-electron chi connectivity index (χ2n) is 4.15. The molecule has 0 atom stereocenters. The number of unbranched alkanes of at least 4 members (excludes halogenated alkanes) is 2. The summed E-state index contributed by atoms with van der Waals surface area (Å²) in [4.78, 5) is 22.0. The second-order valence-corrected chi connectivity index (χ2v) is 4.15. The van der Waals surface area contributed by atoms with Crippen LogP contribution in [0.15, 0.2) is 23.3 Å². The van der Waals surface area contributed by atoms with Gasteiger partial charge in [0.05, 0.1) is 6.61 Å². The van der Waals surface area contributed by atoms with Crippen molar-refractivity contribution < 1.29 is 19.4 Å². The molecule has 0 aliphatic rings. The van der Waals surface area contributed by atoms with Crippen molar-refractivity contribution >= 4 is 11.9 Å². The topological polar surface area (TPSA) is 63.6 Å². The van der Waals surface area contributed by atoms with Crippen LogP contribution in [0.4, 0.5) is 0 Å². The van der Waals surface area contributed by atoms with E-state index in [2.05, 4.69) is 6.92 Å². The van der Waals surface area contributed by atoms with E-state index in [9.17, 15) is 9.59 Å². The average molecular weight is 254 g/mol. The molecule has 0 saturated heterocycles. The second kappa shape index (κ2) is 9.45. The molecule has 0 unspecified atom stereocenters. The highest BCUT2D eigenvalue weighted by Crippen LogP contribution is 2.04. The fraction of sp³-hybridized carbons (Fsp3) is 0.571. The summed E-state index contributed by atoms with van der Waals surface area (Å²) in [5.74, 6) is -1.27. The molecule has 0 amide bonds. The van der Waals surface area contributed by atoms with Crippen molar-refractivity contribution in [1.29, 1.82) is 0 Å². The predicted octanol–water partition coefficient (Wildman–Crippen LogP) is 3.09. The van der Waals surface area contributed by atoms with Gasteiger partial charge in [-0.05, 0) is 20.3 Å². The van der Waals surface area contributed by atoms with Gasteiger partial charge < -0.3 is 9.84 Å². The van der Waals surface area contributed by atoms with Crippen molar-refractivity contribution in [3.63, 3.8) is 0 Å². The molecule has 0 aromatic carbocycles. The number of hydrogen-bond donors (Lipinski definition) is 1. The molecule has 0 heterocycles. The lowest BCUT2D eigenvalue weighted by Gasteiger charge is -2.03. The van der Waals surface area contributed by atoms with Crippen molar-refractivity contribution in [1.82, 2.24) is 0 Å². The molecule has 0 aliphatic heterocycles. The minimum atomic E-state index is -0.947. The van der Waals surface area contributed by atoms with Crippen molar-refractivity contribution in [3.8, 4) is 0 Å². The number of rotatable bonds is 8. The van der Waals surface area contributed by atoms with E-state index in [4.69, 9.17) is 9.84 Å². The van der Waals surface area contributed by atoms with Crippen LogP contribution in [-0.4, -0.2) is 23.7 Å². The number of carbonyl (C=O) groups excluding carboxylic acids is 1. The Kier molecular flexibility index (Phi) is 8.62. The maximum atomic E-state index is 11.5. The molecule has 102 valence electrons. The first kappa shape index (κ1) is 16.4. The number of carbonyl (C=O) groups is 2. The van der Waals surface area contributed by atoms with E-state index < -0.39 is 5.97 Å². The van der Waals surface area contributed by atoms with Crippen LogP contribution in [0.5, 0.6) is 0 Å². The van der Waals surface area contributed by atoms with Crippen molar-refractivity contribution in [2.24, 2.45) is 0 Å². The molecule has 0 bridgehead atoms. The molecule has 0 aliphatic carbocycles. The van der Waals surface area contributed by atoms with Crippen LogP contribution < -0.4 is 0 Å². The van der Waals surface area contributed by atoms with E-state index in [-0.39, 0.29) is 18.1 Å². The van der Waals surface area contributed by atoms with Crippen molar-refractivity contribution in [2.45, 2.75) is 46.5 Å². The number of allylic oxidation sites excluding steroid dienone is 1. The van der Waals surface area contributed by atoms with Gasteiger partial charge in [0.2, 0.25) is 0 Å². The smallest absolute Gasteiger partial charge is 0.333 e. The highest BCUT2D eigenvalue weighted by molar-refractivity contribution is 5.87. The Hall–Kier alpha value is -1.58. The third kappa shape index (κ3) is 7.65. The van der Waals surface area contributed by atoms with Crippen molar-refractivity contribution in [2.75, 3.05) is 6.61 Å². The van der Waals surface area contributed by atoms with Gasteiger partial charge in [0.1, 0.15) is 0 Å². The van der Waals surface area contributed by atoms with Crippen LogP contribution in [0.3, 0.4) is 0 Å². The average Bonchev–Trinajstić information content (AvgIpc) is 2.33. The number of carboxylic acids is 1. The highest BCUT2D eigenvalue weighted by atomic mass is 16.5. The Balaban J connectivity index is 3.93. The molecule has 0 aromatic rings. The Bertz CT molecular complexity index is 340. The van der Waals surface area contributed by atoms with Crippen LogP contribution in [0, 0.1) is 0 Å². The van der Waals surface area contributed by atoms with Gasteiger partial charge in [0, 0.05) is 17.6 Å². The summed E-state index contributed by atoms with van der Waals surface area (Å²) >= 11 is 0. The van der Waals surface area contributed by atoms with E-state index in [1.807, 2.05) is 6.08 Å². The Labute approximate surface area is 108 Å². The highest BCUT2D eigenvalue weighted by Gasteiger charge is 2.04. The van der Waals surface area contributed by atoms with Gasteiger partial charge in [-0.1, -0.05) is 31.9 Å². The summed E-state index contributed by atoms with van der Waals surface area (Å²) in [5, 5.41) is 8.61. The van der Waals surface area contributed by atoms with Crippen LogP contribution in [0.1, 0.15) is 46.5 Å². The standard InChI is InChI=1S/C14H22O4/c1-4-5-6-8-12(3)14(17)18-10-7-9-11(2)13(15)16/h8-9H,4-7,10H2,1-3H3,(H,15,16). The van der Waals surface area contributed by atoms with Gasteiger partial charge in [-0.25, -0.2) is 9.59 Å². The summed E-state index contributed by atoms with van der Waals surface area (Å²) in [5.41, 5.74) is 0.878. The molecular formula is C14H22O4. The molecule has 18 heavy (non-hydrogen) atoms. The van der Waals surface area contributed by atoms with Crippen LogP contribution in [-0.2, 0) is 14.3 Å². The lowest BCUT2D eigenvalue weighted by Crippen LogP contribution is -2.07. The molecule has 4 nitrogen and oxygen atoms in total. The number of carboxylic acid groups (broad SMARTS) is 1. The van der Waals surface area contributed by atoms with E-state index in [1.165, 1.54) is 6.92 Å². The summed E-state index contributed by atoms with van der Waals surface area (Å²) in [6.45, 7) is 5.55. The van der Waals surface area contributed by atoms with E-state index in [0.717, 1.165) is 19.3 Å². The zero-order valence-corrected chi connectivity index (χ0v) is 11.4. The van der Waals surface area contributed by atoms with Crippen LogP contribution in [0.25, 0.3) is 0 Å². The van der Waals surface area contributed by atoms with Gasteiger partial charge in [-0.2, -0.15) is 0 Å². The van der Waals surface area contributed by atoms with Gasteiger partial charge >= 0.3 is 11.9 Å². The van der Waals surface area contributed by atoms with E-state index in [1.54, 1.807) is 13.0 Å². The summed E-state index contributed by atoms with van der Waals surface area (Å²) in [7, 11) is 0. The first-order chi connectivity index (χ1) is 8.49. The predicted molar refractivity (Wildman–Crippen MR) is 70.3 cm³/mol. The minimum absolute atomic E-state index is 0.211. The lowest BCUT2D eigenvalue weighted by atomic mass is 10.2. The van der Waals surface area contributed by atoms with Gasteiger partial charge in [-0.15, -0.1) is 0 Å². The Morgan fingerprint density at radius 3 is 2.28 bits per heavy atom. The van der Waals surface area contributed by atoms with Gasteiger partial charge in [0.25, 0.3) is 0 Å². The molecule has 0 fully saturated rings. The number of esters is 1.